The normalized spacial score (nSPS) is 26.7. The first-order valence-corrected chi connectivity index (χ1v) is 8.36. The van der Waals surface area contributed by atoms with Gasteiger partial charge in [0.2, 0.25) is 0 Å². The fourth-order valence-electron chi connectivity index (χ4n) is 3.73. The van der Waals surface area contributed by atoms with E-state index in [1.54, 1.807) is 7.11 Å². The Morgan fingerprint density at radius 1 is 1.29 bits per heavy atom. The highest BCUT2D eigenvalue weighted by atomic mass is 16.5. The number of aryl methyl sites for hydroxylation is 1. The molecular formula is C19H31NO. The molecule has 2 atom stereocenters. The number of methoxy groups -OCH3 is 1. The molecule has 0 saturated heterocycles. The summed E-state index contributed by atoms with van der Waals surface area (Å²) < 4.78 is 5.52. The Hall–Kier alpha value is -1.02. The number of ether oxygens (including phenoxy) is 1. The second-order valence-electron chi connectivity index (χ2n) is 7.29. The van der Waals surface area contributed by atoms with E-state index in [0.717, 1.165) is 36.8 Å². The van der Waals surface area contributed by atoms with Gasteiger partial charge in [-0.1, -0.05) is 44.4 Å². The van der Waals surface area contributed by atoms with Gasteiger partial charge in [-0.15, -0.1) is 0 Å². The Balaban J connectivity index is 2.12. The average Bonchev–Trinajstić information content (AvgIpc) is 2.61. The number of benzene rings is 1. The zero-order valence-corrected chi connectivity index (χ0v) is 14.1. The van der Waals surface area contributed by atoms with Crippen molar-refractivity contribution >= 4 is 0 Å². The molecule has 2 nitrogen and oxygen atoms in total. The van der Waals surface area contributed by atoms with Crippen molar-refractivity contribution in [2.75, 3.05) is 7.11 Å². The minimum Gasteiger partial charge on any atom is -0.496 e. The molecule has 1 aromatic carbocycles. The molecule has 2 N–H and O–H groups in total. The number of rotatable bonds is 4. The molecule has 1 saturated carbocycles. The van der Waals surface area contributed by atoms with Crippen LogP contribution in [0.1, 0.15) is 57.1 Å². The summed E-state index contributed by atoms with van der Waals surface area (Å²) in [5, 5.41) is 0. The number of hydrogen-bond donors (Lipinski definition) is 1. The van der Waals surface area contributed by atoms with Crippen molar-refractivity contribution in [1.82, 2.24) is 0 Å². The monoisotopic (exact) mass is 289 g/mol. The summed E-state index contributed by atoms with van der Waals surface area (Å²) in [6, 6.07) is 6.41. The van der Waals surface area contributed by atoms with Gasteiger partial charge in [-0.2, -0.15) is 0 Å². The first-order valence-electron chi connectivity index (χ1n) is 8.36. The Morgan fingerprint density at radius 3 is 2.71 bits per heavy atom. The fourth-order valence-corrected chi connectivity index (χ4v) is 3.73. The predicted octanol–water partition coefficient (Wildman–Crippen LogP) is 4.48. The van der Waals surface area contributed by atoms with Gasteiger partial charge in [-0.3, -0.25) is 0 Å². The van der Waals surface area contributed by atoms with E-state index >= 15 is 0 Å². The van der Waals surface area contributed by atoms with Gasteiger partial charge in [0.15, 0.2) is 0 Å². The van der Waals surface area contributed by atoms with E-state index in [2.05, 4.69) is 39.0 Å². The van der Waals surface area contributed by atoms with Crippen LogP contribution in [0.15, 0.2) is 18.2 Å². The van der Waals surface area contributed by atoms with Gasteiger partial charge in [0.25, 0.3) is 0 Å². The zero-order valence-electron chi connectivity index (χ0n) is 14.1. The summed E-state index contributed by atoms with van der Waals surface area (Å²) >= 11 is 0. The first kappa shape index (κ1) is 16.4. The Kier molecular flexibility index (Phi) is 5.32. The smallest absolute Gasteiger partial charge is 0.122 e. The molecule has 0 aromatic heterocycles. The van der Waals surface area contributed by atoms with Crippen LogP contribution in [-0.4, -0.2) is 12.6 Å². The van der Waals surface area contributed by atoms with Crippen LogP contribution < -0.4 is 10.5 Å². The van der Waals surface area contributed by atoms with Gasteiger partial charge in [-0.05, 0) is 56.1 Å². The van der Waals surface area contributed by atoms with Crippen molar-refractivity contribution in [2.24, 2.45) is 17.6 Å². The van der Waals surface area contributed by atoms with Crippen molar-refractivity contribution in [3.05, 3.63) is 29.3 Å². The van der Waals surface area contributed by atoms with Crippen molar-refractivity contribution in [1.29, 1.82) is 0 Å². The average molecular weight is 289 g/mol. The molecular weight excluding hydrogens is 258 g/mol. The third-order valence-electron chi connectivity index (χ3n) is 5.18. The quantitative estimate of drug-likeness (QED) is 0.829. The maximum absolute atomic E-state index is 6.77. The van der Waals surface area contributed by atoms with Crippen LogP contribution in [0, 0.1) is 18.8 Å². The lowest BCUT2D eigenvalue weighted by atomic mass is 9.83. The molecule has 0 amide bonds. The molecule has 118 valence electrons. The molecule has 1 fully saturated rings. The van der Waals surface area contributed by atoms with Gasteiger partial charge >= 0.3 is 0 Å². The van der Waals surface area contributed by atoms with Gasteiger partial charge in [0.05, 0.1) is 7.11 Å². The van der Waals surface area contributed by atoms with Crippen LogP contribution in [0.25, 0.3) is 0 Å². The maximum Gasteiger partial charge on any atom is 0.122 e. The summed E-state index contributed by atoms with van der Waals surface area (Å²) in [5.41, 5.74) is 9.25. The molecule has 21 heavy (non-hydrogen) atoms. The van der Waals surface area contributed by atoms with E-state index in [4.69, 9.17) is 10.5 Å². The summed E-state index contributed by atoms with van der Waals surface area (Å²) in [4.78, 5) is 0. The predicted molar refractivity (Wildman–Crippen MR) is 89.8 cm³/mol. The molecule has 2 unspecified atom stereocenters. The van der Waals surface area contributed by atoms with Gasteiger partial charge in [-0.25, -0.2) is 0 Å². The van der Waals surface area contributed by atoms with E-state index < -0.39 is 0 Å². The van der Waals surface area contributed by atoms with E-state index in [1.165, 1.54) is 30.4 Å². The maximum atomic E-state index is 6.77. The minimum absolute atomic E-state index is 0.0648. The highest BCUT2D eigenvalue weighted by Crippen LogP contribution is 2.36. The molecule has 0 spiro atoms. The van der Waals surface area contributed by atoms with Crippen LogP contribution in [0.2, 0.25) is 0 Å². The number of nitrogens with two attached hydrogens (primary N) is 1. The molecule has 0 heterocycles. The molecule has 1 aliphatic rings. The second-order valence-corrected chi connectivity index (χ2v) is 7.29. The molecule has 1 aliphatic carbocycles. The van der Waals surface area contributed by atoms with Crippen LogP contribution in [0.3, 0.4) is 0 Å². The minimum atomic E-state index is -0.0648. The largest absolute Gasteiger partial charge is 0.496 e. The van der Waals surface area contributed by atoms with Crippen LogP contribution >= 0.6 is 0 Å². The molecule has 2 rings (SSSR count). The molecule has 1 aromatic rings. The van der Waals surface area contributed by atoms with Gasteiger partial charge in [0, 0.05) is 5.54 Å². The Bertz CT molecular complexity index is 469. The first-order chi connectivity index (χ1) is 9.93. The topological polar surface area (TPSA) is 35.2 Å². The van der Waals surface area contributed by atoms with Gasteiger partial charge in [0.1, 0.15) is 5.75 Å². The van der Waals surface area contributed by atoms with E-state index in [0.29, 0.717) is 0 Å². The van der Waals surface area contributed by atoms with E-state index in [9.17, 15) is 0 Å². The third kappa shape index (κ3) is 4.23. The highest BCUT2D eigenvalue weighted by molar-refractivity contribution is 5.38. The van der Waals surface area contributed by atoms with Crippen LogP contribution in [0.4, 0.5) is 0 Å². The summed E-state index contributed by atoms with van der Waals surface area (Å²) in [5.74, 6) is 2.60. The SMILES string of the molecule is COc1ccc(C)cc1CC1(N)CCCC(C(C)C)CC1. The lowest BCUT2D eigenvalue weighted by molar-refractivity contribution is 0.319. The fraction of sp³-hybridized carbons (Fsp3) is 0.684. The molecule has 0 radical (unpaired) electrons. The van der Waals surface area contributed by atoms with Crippen LogP contribution in [0.5, 0.6) is 5.75 Å². The second kappa shape index (κ2) is 6.83. The van der Waals surface area contributed by atoms with Crippen molar-refractivity contribution in [3.8, 4) is 5.75 Å². The molecule has 2 heteroatoms. The lowest BCUT2D eigenvalue weighted by Gasteiger charge is -2.29. The summed E-state index contributed by atoms with van der Waals surface area (Å²) in [7, 11) is 1.75. The van der Waals surface area contributed by atoms with Crippen molar-refractivity contribution in [3.63, 3.8) is 0 Å². The Morgan fingerprint density at radius 2 is 2.05 bits per heavy atom. The van der Waals surface area contributed by atoms with Crippen LogP contribution in [-0.2, 0) is 6.42 Å². The van der Waals surface area contributed by atoms with Crippen molar-refractivity contribution < 1.29 is 4.74 Å². The van der Waals surface area contributed by atoms with E-state index in [1.807, 2.05) is 0 Å². The third-order valence-corrected chi connectivity index (χ3v) is 5.18. The molecule has 0 aliphatic heterocycles. The van der Waals surface area contributed by atoms with Gasteiger partial charge < -0.3 is 10.5 Å². The summed E-state index contributed by atoms with van der Waals surface area (Å²) in [6.45, 7) is 6.82. The zero-order chi connectivity index (χ0) is 15.5. The van der Waals surface area contributed by atoms with Crippen molar-refractivity contribution in [2.45, 2.75) is 64.8 Å². The highest BCUT2D eigenvalue weighted by Gasteiger charge is 2.31. The summed E-state index contributed by atoms with van der Waals surface area (Å²) in [6.07, 6.45) is 7.06. The lowest BCUT2D eigenvalue weighted by Crippen LogP contribution is -2.41. The molecule has 0 bridgehead atoms. The Labute approximate surface area is 130 Å². The standard InChI is InChI=1S/C19H31NO/c1-14(2)16-6-5-10-19(20,11-9-16)13-17-12-15(3)7-8-18(17)21-4/h7-8,12,14,16H,5-6,9-11,13,20H2,1-4H3. The van der Waals surface area contributed by atoms with E-state index in [-0.39, 0.29) is 5.54 Å². The number of hydrogen-bond acceptors (Lipinski definition) is 2.